The normalized spacial score (nSPS) is 13.4. The molecule has 0 saturated heterocycles. The summed E-state index contributed by atoms with van der Waals surface area (Å²) in [6, 6.07) is 24.5. The zero-order chi connectivity index (χ0) is 31.6. The van der Waals surface area contributed by atoms with E-state index < -0.39 is 21.3 Å². The first kappa shape index (κ1) is 37.1. The minimum Gasteiger partial charge on any atom is -0.147 e. The van der Waals surface area contributed by atoms with E-state index in [4.69, 9.17) is 23.2 Å². The van der Waals surface area contributed by atoms with E-state index in [2.05, 4.69) is 128 Å². The van der Waals surface area contributed by atoms with Gasteiger partial charge in [0.2, 0.25) is 0 Å². The Kier molecular flexibility index (Phi) is 11.3. The largest absolute Gasteiger partial charge is 0.147 e. The van der Waals surface area contributed by atoms with Gasteiger partial charge in [-0.05, 0) is 0 Å². The van der Waals surface area contributed by atoms with E-state index in [-0.39, 0.29) is 35.6 Å². The van der Waals surface area contributed by atoms with Gasteiger partial charge < -0.3 is 0 Å². The van der Waals surface area contributed by atoms with Crippen LogP contribution in [0.15, 0.2) is 88.2 Å². The summed E-state index contributed by atoms with van der Waals surface area (Å²) in [5.41, 5.74) is 14.2. The van der Waals surface area contributed by atoms with Crippen molar-refractivity contribution in [3.63, 3.8) is 0 Å². The van der Waals surface area contributed by atoms with Crippen LogP contribution in [-0.4, -0.2) is 3.21 Å². The van der Waals surface area contributed by atoms with Crippen LogP contribution in [0.3, 0.4) is 0 Å². The molecule has 0 aliphatic heterocycles. The maximum atomic E-state index is 6.71. The van der Waals surface area contributed by atoms with Crippen molar-refractivity contribution in [1.29, 1.82) is 0 Å². The maximum Gasteiger partial charge on any atom is -0.147 e. The monoisotopic (exact) mass is 766 g/mol. The van der Waals surface area contributed by atoms with Gasteiger partial charge >= 0.3 is 284 Å². The molecule has 0 N–H and O–H groups in total. The summed E-state index contributed by atoms with van der Waals surface area (Å²) < 4.78 is 4.68. The van der Waals surface area contributed by atoms with Gasteiger partial charge in [-0.25, -0.2) is 0 Å². The molecule has 0 unspecified atom stereocenters. The first-order valence-electron chi connectivity index (χ1n) is 15.7. The zero-order valence-electron chi connectivity index (χ0n) is 28.1. The summed E-state index contributed by atoms with van der Waals surface area (Å²) in [5.74, 6) is 0. The number of benzene rings is 4. The molecule has 4 aromatic rings. The van der Waals surface area contributed by atoms with Crippen LogP contribution >= 0.6 is 48.0 Å². The zero-order valence-corrected chi connectivity index (χ0v) is 33.7. The molecule has 46 heavy (non-hydrogen) atoms. The van der Waals surface area contributed by atoms with Crippen LogP contribution in [0.2, 0.25) is 10.0 Å². The predicted molar refractivity (Wildman–Crippen MR) is 204 cm³/mol. The molecule has 0 radical (unpaired) electrons. The van der Waals surface area contributed by atoms with Crippen molar-refractivity contribution < 1.29 is 21.3 Å². The fourth-order valence-corrected chi connectivity index (χ4v) is 16.1. The van der Waals surface area contributed by atoms with Gasteiger partial charge in [0.1, 0.15) is 0 Å². The molecule has 240 valence electrons. The molecular formula is C41H44Cl4Zr. The molecule has 0 aromatic heterocycles. The summed E-state index contributed by atoms with van der Waals surface area (Å²) in [6.07, 6.45) is 9.01. The number of allylic oxidation sites excluding steroid dienone is 4. The predicted octanol–water partition coefficient (Wildman–Crippen LogP) is 12.0. The Morgan fingerprint density at radius 2 is 1.28 bits per heavy atom. The number of fused-ring (bicyclic) bond motifs is 3. The van der Waals surface area contributed by atoms with E-state index in [1.165, 1.54) is 53.3 Å². The third-order valence-corrected chi connectivity index (χ3v) is 17.7. The van der Waals surface area contributed by atoms with Gasteiger partial charge in [-0.15, -0.1) is 24.8 Å². The minimum absolute atomic E-state index is 0. The van der Waals surface area contributed by atoms with Crippen LogP contribution in [-0.2, 0) is 38.5 Å². The Labute approximate surface area is 306 Å². The van der Waals surface area contributed by atoms with E-state index >= 15 is 0 Å². The van der Waals surface area contributed by atoms with E-state index in [1.54, 1.807) is 12.1 Å². The summed E-state index contributed by atoms with van der Waals surface area (Å²) in [6.45, 7) is 18.8. The smallest absolute Gasteiger partial charge is 0.147 e. The molecule has 0 nitrogen and oxygen atoms in total. The quantitative estimate of drug-likeness (QED) is 0.171. The molecule has 0 amide bonds. The molecule has 2 aliphatic rings. The van der Waals surface area contributed by atoms with Gasteiger partial charge in [0, 0.05) is 0 Å². The molecule has 0 fully saturated rings. The van der Waals surface area contributed by atoms with Crippen molar-refractivity contribution in [2.75, 3.05) is 0 Å². The molecule has 4 aromatic carbocycles. The fraction of sp³-hybridized carbons (Fsp3) is 0.293. The van der Waals surface area contributed by atoms with Crippen molar-refractivity contribution in [2.45, 2.75) is 79.1 Å². The molecule has 0 atom stereocenters. The van der Waals surface area contributed by atoms with Crippen molar-refractivity contribution in [3.8, 4) is 11.1 Å². The SMILES string of the molecule is Cc1cc2c(cc1C(C)(C)C)-c1cc(C(C)(C)C)c(C)[c]([Zr]([C]3=CC=CC3)=[C](c3cccc(Cl)c3)c3cccc(Cl)c3)c1C2.Cl.Cl. The Morgan fingerprint density at radius 3 is 1.78 bits per heavy atom. The molecule has 5 heteroatoms. The average molecular weight is 770 g/mol. The Bertz CT molecular complexity index is 1860. The Hall–Kier alpha value is -1.73. The van der Waals surface area contributed by atoms with E-state index in [9.17, 15) is 0 Å². The summed E-state index contributed by atoms with van der Waals surface area (Å²) in [5, 5.41) is 1.54. The molecular weight excluding hydrogens is 725 g/mol. The topological polar surface area (TPSA) is 0 Å². The summed E-state index contributed by atoms with van der Waals surface area (Å²) in [4.78, 5) is 0. The van der Waals surface area contributed by atoms with Crippen LogP contribution < -0.4 is 3.27 Å². The third-order valence-electron chi connectivity index (χ3n) is 9.24. The van der Waals surface area contributed by atoms with Crippen LogP contribution in [0.25, 0.3) is 11.1 Å². The van der Waals surface area contributed by atoms with Crippen LogP contribution in [0.5, 0.6) is 0 Å². The number of hydrogen-bond acceptors (Lipinski definition) is 0. The van der Waals surface area contributed by atoms with Gasteiger partial charge in [-0.2, -0.15) is 0 Å². The minimum atomic E-state index is -2.89. The Morgan fingerprint density at radius 1 is 0.717 bits per heavy atom. The fourth-order valence-electron chi connectivity index (χ4n) is 7.36. The molecule has 0 bridgehead atoms. The number of halogens is 4. The Balaban J connectivity index is 0.00000240. The van der Waals surface area contributed by atoms with Gasteiger partial charge in [-0.3, -0.25) is 0 Å². The van der Waals surface area contributed by atoms with Crippen molar-refractivity contribution in [2.24, 2.45) is 0 Å². The third kappa shape index (κ3) is 7.02. The van der Waals surface area contributed by atoms with E-state index in [1.807, 2.05) is 12.1 Å². The molecule has 6 rings (SSSR count). The average Bonchev–Trinajstić information content (AvgIpc) is 3.58. The standard InChI is InChI=1S/C23H29.C13H8Cl2.C5H5.2ClH.Zr/c1-14-9-16-11-17-10-15(2)21(23(6,7)8)13-19(17)18(16)12-20(14)22(3,4)5;14-12-5-1-3-10(8-12)7-11-4-2-6-13(15)9-11;1-2-4-5-3-1;;;/h9,12-13H,11H2,1-8H3;1-6,8-9H;1-3H,4H2;2*1H;. The summed E-state index contributed by atoms with van der Waals surface area (Å²) >= 11 is 10.5. The van der Waals surface area contributed by atoms with Crippen molar-refractivity contribution in [3.05, 3.63) is 143 Å². The van der Waals surface area contributed by atoms with Crippen LogP contribution in [0.1, 0.15) is 92.5 Å². The number of rotatable bonds is 4. The molecule has 0 saturated carbocycles. The first-order chi connectivity index (χ1) is 20.7. The van der Waals surface area contributed by atoms with Gasteiger partial charge in [0.05, 0.1) is 0 Å². The second-order valence-corrected chi connectivity index (χ2v) is 21.3. The van der Waals surface area contributed by atoms with Crippen molar-refractivity contribution in [1.82, 2.24) is 0 Å². The van der Waals surface area contributed by atoms with Crippen LogP contribution in [0, 0.1) is 13.8 Å². The molecule has 0 spiro atoms. The second-order valence-electron chi connectivity index (χ2n) is 14.5. The van der Waals surface area contributed by atoms with Gasteiger partial charge in [-0.1, -0.05) is 0 Å². The number of hydrogen-bond donors (Lipinski definition) is 0. The maximum absolute atomic E-state index is 6.71. The molecule has 2 aliphatic carbocycles. The van der Waals surface area contributed by atoms with E-state index in [0.717, 1.165) is 22.9 Å². The number of aryl methyl sites for hydroxylation is 1. The van der Waals surface area contributed by atoms with Crippen molar-refractivity contribution >= 4 is 54.5 Å². The second kappa shape index (κ2) is 14.0. The van der Waals surface area contributed by atoms with E-state index in [0.29, 0.717) is 0 Å². The molecule has 0 heterocycles. The summed E-state index contributed by atoms with van der Waals surface area (Å²) in [7, 11) is 0. The van der Waals surface area contributed by atoms with Gasteiger partial charge in [0.25, 0.3) is 0 Å². The van der Waals surface area contributed by atoms with Crippen LogP contribution in [0.4, 0.5) is 0 Å². The first-order valence-corrected chi connectivity index (χ1v) is 20.1. The van der Waals surface area contributed by atoms with Gasteiger partial charge in [0.15, 0.2) is 0 Å².